The molecule has 0 amide bonds. The van der Waals surface area contributed by atoms with E-state index in [0.29, 0.717) is 0 Å². The monoisotopic (exact) mass is 165 g/mol. The molecule has 0 unspecified atom stereocenters. The minimum Gasteiger partial charge on any atom is -0.324 e. The molecule has 2 N–H and O–H groups in total. The minimum atomic E-state index is -4.08. The van der Waals surface area contributed by atoms with Gasteiger partial charge in [0.05, 0.1) is 5.92 Å². The summed E-state index contributed by atoms with van der Waals surface area (Å²) in [4.78, 5) is 0. The van der Waals surface area contributed by atoms with E-state index in [2.05, 4.69) is 0 Å². The third kappa shape index (κ3) is 2.22. The second-order valence-electron chi connectivity index (χ2n) is 2.80. The first-order valence-electron chi connectivity index (χ1n) is 3.49. The van der Waals surface area contributed by atoms with Gasteiger partial charge >= 0.3 is 6.18 Å². The van der Waals surface area contributed by atoms with Crippen molar-refractivity contribution >= 4 is 0 Å². The fraction of sp³-hybridized carbons (Fsp3) is 0.714. The van der Waals surface area contributed by atoms with Gasteiger partial charge in [-0.3, -0.25) is 0 Å². The number of hydrogen-bond acceptors (Lipinski definition) is 1. The highest BCUT2D eigenvalue weighted by Crippen LogP contribution is 2.34. The minimum absolute atomic E-state index is 0.0278. The summed E-state index contributed by atoms with van der Waals surface area (Å²) in [6, 6.07) is -0.421. The molecule has 0 spiro atoms. The molecule has 0 heterocycles. The molecule has 0 fully saturated rings. The molecule has 0 aromatic carbocycles. The summed E-state index contributed by atoms with van der Waals surface area (Å²) >= 11 is 0. The van der Waals surface area contributed by atoms with Crippen LogP contribution in [-0.4, -0.2) is 12.2 Å². The zero-order valence-electron chi connectivity index (χ0n) is 5.93. The van der Waals surface area contributed by atoms with Crippen molar-refractivity contribution < 1.29 is 13.2 Å². The van der Waals surface area contributed by atoms with Gasteiger partial charge in [-0.15, -0.1) is 0 Å². The average Bonchev–Trinajstić information content (AvgIpc) is 1.86. The first kappa shape index (κ1) is 8.59. The van der Waals surface area contributed by atoms with E-state index in [-0.39, 0.29) is 12.8 Å². The van der Waals surface area contributed by atoms with E-state index in [1.54, 1.807) is 6.08 Å². The molecule has 1 nitrogen and oxygen atoms in total. The van der Waals surface area contributed by atoms with Crippen molar-refractivity contribution in [3.05, 3.63) is 12.2 Å². The first-order chi connectivity index (χ1) is 5.00. The molecule has 0 aliphatic heterocycles. The molecule has 64 valence electrons. The molecule has 1 aliphatic carbocycles. The average molecular weight is 165 g/mol. The summed E-state index contributed by atoms with van der Waals surface area (Å²) in [6.45, 7) is 0. The number of alkyl halides is 3. The highest BCUT2D eigenvalue weighted by molar-refractivity contribution is 5.00. The molecule has 11 heavy (non-hydrogen) atoms. The van der Waals surface area contributed by atoms with Crippen molar-refractivity contribution in [2.75, 3.05) is 0 Å². The zero-order chi connectivity index (χ0) is 8.48. The maximum Gasteiger partial charge on any atom is 0.392 e. The summed E-state index contributed by atoms with van der Waals surface area (Å²) in [5.74, 6) is -1.23. The van der Waals surface area contributed by atoms with Gasteiger partial charge in [0.1, 0.15) is 0 Å². The van der Waals surface area contributed by atoms with Crippen LogP contribution in [0.5, 0.6) is 0 Å². The summed E-state index contributed by atoms with van der Waals surface area (Å²) in [6.07, 6.45) is -0.839. The van der Waals surface area contributed by atoms with Gasteiger partial charge in [-0.25, -0.2) is 0 Å². The molecule has 0 saturated heterocycles. The number of hydrogen-bond donors (Lipinski definition) is 1. The molecule has 0 bridgehead atoms. The summed E-state index contributed by atoms with van der Waals surface area (Å²) in [5.41, 5.74) is 5.34. The predicted octanol–water partition coefficient (Wildman–Crippen LogP) is 1.84. The van der Waals surface area contributed by atoms with E-state index in [0.717, 1.165) is 0 Å². The quantitative estimate of drug-likeness (QED) is 0.544. The SMILES string of the molecule is N[C@H]1C=CC[C@H](C(F)(F)F)C1. The molecule has 2 atom stereocenters. The molecule has 1 aliphatic rings. The van der Waals surface area contributed by atoms with Crippen molar-refractivity contribution in [3.63, 3.8) is 0 Å². The number of nitrogens with two attached hydrogens (primary N) is 1. The van der Waals surface area contributed by atoms with Crippen molar-refractivity contribution in [3.8, 4) is 0 Å². The first-order valence-corrected chi connectivity index (χ1v) is 3.49. The second-order valence-corrected chi connectivity index (χ2v) is 2.80. The Hall–Kier alpha value is -0.510. The van der Waals surface area contributed by atoms with Gasteiger partial charge in [-0.1, -0.05) is 12.2 Å². The van der Waals surface area contributed by atoms with Crippen molar-refractivity contribution in [1.82, 2.24) is 0 Å². The Bertz CT molecular complexity index is 162. The molecule has 0 saturated carbocycles. The normalized spacial score (nSPS) is 32.4. The van der Waals surface area contributed by atoms with Gasteiger partial charge in [-0.05, 0) is 12.8 Å². The fourth-order valence-corrected chi connectivity index (χ4v) is 1.19. The van der Waals surface area contributed by atoms with Crippen LogP contribution in [-0.2, 0) is 0 Å². The Morgan fingerprint density at radius 1 is 1.36 bits per heavy atom. The van der Waals surface area contributed by atoms with E-state index in [4.69, 9.17) is 5.73 Å². The predicted molar refractivity (Wildman–Crippen MR) is 35.9 cm³/mol. The van der Waals surface area contributed by atoms with E-state index < -0.39 is 18.1 Å². The lowest BCUT2D eigenvalue weighted by atomic mass is 9.91. The van der Waals surface area contributed by atoms with Crippen LogP contribution in [0.1, 0.15) is 12.8 Å². The molecule has 4 heteroatoms. The molecule has 0 aromatic rings. The van der Waals surface area contributed by atoms with Gasteiger partial charge in [0.2, 0.25) is 0 Å². The Morgan fingerprint density at radius 3 is 2.36 bits per heavy atom. The number of allylic oxidation sites excluding steroid dienone is 1. The highest BCUT2D eigenvalue weighted by atomic mass is 19.4. The Labute approximate surface area is 63.1 Å². The zero-order valence-corrected chi connectivity index (χ0v) is 5.93. The van der Waals surface area contributed by atoms with Gasteiger partial charge in [-0.2, -0.15) is 13.2 Å². The van der Waals surface area contributed by atoms with Gasteiger partial charge < -0.3 is 5.73 Å². The summed E-state index contributed by atoms with van der Waals surface area (Å²) in [5, 5.41) is 0. The largest absolute Gasteiger partial charge is 0.392 e. The van der Waals surface area contributed by atoms with Crippen LogP contribution in [0.15, 0.2) is 12.2 Å². The fourth-order valence-electron chi connectivity index (χ4n) is 1.19. The number of rotatable bonds is 0. The van der Waals surface area contributed by atoms with Crippen LogP contribution in [0.3, 0.4) is 0 Å². The lowest BCUT2D eigenvalue weighted by Gasteiger charge is -2.24. The summed E-state index contributed by atoms with van der Waals surface area (Å²) < 4.78 is 36.1. The van der Waals surface area contributed by atoms with Crippen LogP contribution in [0.25, 0.3) is 0 Å². The lowest BCUT2D eigenvalue weighted by Crippen LogP contribution is -2.32. The molecular formula is C7H10F3N. The van der Waals surface area contributed by atoms with E-state index in [1.165, 1.54) is 6.08 Å². The van der Waals surface area contributed by atoms with E-state index >= 15 is 0 Å². The highest BCUT2D eigenvalue weighted by Gasteiger charge is 2.40. The lowest BCUT2D eigenvalue weighted by molar-refractivity contribution is -0.176. The molecule has 0 aromatic heterocycles. The van der Waals surface area contributed by atoms with E-state index in [1.807, 2.05) is 0 Å². The number of halogens is 3. The van der Waals surface area contributed by atoms with Crippen LogP contribution in [0.4, 0.5) is 13.2 Å². The van der Waals surface area contributed by atoms with Gasteiger partial charge in [0.25, 0.3) is 0 Å². The van der Waals surface area contributed by atoms with Crippen molar-refractivity contribution in [2.24, 2.45) is 11.7 Å². The van der Waals surface area contributed by atoms with E-state index in [9.17, 15) is 13.2 Å². The Morgan fingerprint density at radius 2 is 2.00 bits per heavy atom. The maximum atomic E-state index is 12.0. The van der Waals surface area contributed by atoms with Crippen molar-refractivity contribution in [1.29, 1.82) is 0 Å². The van der Waals surface area contributed by atoms with Crippen LogP contribution >= 0.6 is 0 Å². The van der Waals surface area contributed by atoms with Crippen molar-refractivity contribution in [2.45, 2.75) is 25.1 Å². The summed E-state index contributed by atoms with van der Waals surface area (Å²) in [7, 11) is 0. The smallest absolute Gasteiger partial charge is 0.324 e. The van der Waals surface area contributed by atoms with Crippen LogP contribution in [0, 0.1) is 5.92 Å². The Balaban J connectivity index is 2.57. The molecule has 0 radical (unpaired) electrons. The van der Waals surface area contributed by atoms with Crippen LogP contribution in [0.2, 0.25) is 0 Å². The molecular weight excluding hydrogens is 155 g/mol. The third-order valence-electron chi connectivity index (χ3n) is 1.82. The second kappa shape index (κ2) is 2.85. The third-order valence-corrected chi connectivity index (χ3v) is 1.82. The molecule has 1 rings (SSSR count). The topological polar surface area (TPSA) is 26.0 Å². The van der Waals surface area contributed by atoms with Gasteiger partial charge in [0.15, 0.2) is 0 Å². The standard InChI is InChI=1S/C7H10F3N/c8-7(9,10)5-2-1-3-6(11)4-5/h1,3,5-6H,2,4,11H2/t5-,6-/m0/s1. The maximum absolute atomic E-state index is 12.0. The van der Waals surface area contributed by atoms with Gasteiger partial charge in [0, 0.05) is 6.04 Å². The Kier molecular flexibility index (Phi) is 2.23. The van der Waals surface area contributed by atoms with Crippen LogP contribution < -0.4 is 5.73 Å².